The average molecular weight is 242 g/mol. The van der Waals surface area contributed by atoms with Crippen LogP contribution in [0.4, 0.5) is 5.69 Å². The zero-order valence-corrected chi connectivity index (χ0v) is 9.66. The zero-order valence-electron chi connectivity index (χ0n) is 8.90. The van der Waals surface area contributed by atoms with Crippen LogP contribution in [0, 0.1) is 10.1 Å². The van der Waals surface area contributed by atoms with Crippen molar-refractivity contribution in [2.24, 2.45) is 0 Å². The van der Waals surface area contributed by atoms with Crippen molar-refractivity contribution in [3.63, 3.8) is 0 Å². The summed E-state index contributed by atoms with van der Waals surface area (Å²) in [6.07, 6.45) is 0.834. The zero-order chi connectivity index (χ0) is 12.1. The Kier molecular flexibility index (Phi) is 4.31. The molecule has 0 unspecified atom stereocenters. The lowest BCUT2D eigenvalue weighted by Crippen LogP contribution is -1.99. The van der Waals surface area contributed by atoms with E-state index in [-0.39, 0.29) is 10.7 Å². The van der Waals surface area contributed by atoms with Crippen molar-refractivity contribution in [2.45, 2.75) is 13.3 Å². The molecular formula is C11H12ClNO3. The summed E-state index contributed by atoms with van der Waals surface area (Å²) in [6, 6.07) is 4.28. The molecule has 0 heterocycles. The first-order valence-electron chi connectivity index (χ1n) is 4.78. The second-order valence-corrected chi connectivity index (χ2v) is 3.67. The Morgan fingerprint density at radius 2 is 2.31 bits per heavy atom. The van der Waals surface area contributed by atoms with E-state index >= 15 is 0 Å². The third kappa shape index (κ3) is 3.24. The fraction of sp³-hybridized carbons (Fsp3) is 0.273. The van der Waals surface area contributed by atoms with Gasteiger partial charge in [0.2, 0.25) is 0 Å². The van der Waals surface area contributed by atoms with E-state index in [1.165, 1.54) is 18.2 Å². The van der Waals surface area contributed by atoms with Gasteiger partial charge >= 0.3 is 0 Å². The normalized spacial score (nSPS) is 9.88. The summed E-state index contributed by atoms with van der Waals surface area (Å²) in [4.78, 5) is 9.98. The topological polar surface area (TPSA) is 52.4 Å². The average Bonchev–Trinajstić information content (AvgIpc) is 2.25. The van der Waals surface area contributed by atoms with Gasteiger partial charge in [0.25, 0.3) is 5.69 Å². The van der Waals surface area contributed by atoms with Gasteiger partial charge in [0.1, 0.15) is 17.4 Å². The molecule has 0 aromatic heterocycles. The number of halogens is 1. The standard InChI is InChI=1S/C11H12ClNO3/c1-3-8(2)7-16-9-4-5-11(13(14)15)10(12)6-9/h4-6H,2-3,7H2,1H3. The van der Waals surface area contributed by atoms with Crippen molar-refractivity contribution in [1.82, 2.24) is 0 Å². The molecule has 0 saturated carbocycles. The van der Waals surface area contributed by atoms with Gasteiger partial charge in [-0.1, -0.05) is 25.1 Å². The smallest absolute Gasteiger partial charge is 0.288 e. The third-order valence-electron chi connectivity index (χ3n) is 2.06. The number of rotatable bonds is 5. The molecule has 0 aliphatic rings. The number of ether oxygens (including phenoxy) is 1. The number of nitro benzene ring substituents is 1. The van der Waals surface area contributed by atoms with Crippen LogP contribution >= 0.6 is 11.6 Å². The molecule has 0 bridgehead atoms. The quantitative estimate of drug-likeness (QED) is 0.450. The van der Waals surface area contributed by atoms with E-state index in [0.29, 0.717) is 12.4 Å². The highest BCUT2D eigenvalue weighted by atomic mass is 35.5. The summed E-state index contributed by atoms with van der Waals surface area (Å²) in [5.41, 5.74) is 0.831. The summed E-state index contributed by atoms with van der Waals surface area (Å²) in [5.74, 6) is 0.505. The first kappa shape index (κ1) is 12.5. The second kappa shape index (κ2) is 5.51. The predicted molar refractivity (Wildman–Crippen MR) is 63.0 cm³/mol. The largest absolute Gasteiger partial charge is 0.489 e. The molecule has 0 amide bonds. The molecule has 0 N–H and O–H groups in total. The van der Waals surface area contributed by atoms with Gasteiger partial charge in [0.15, 0.2) is 0 Å². The van der Waals surface area contributed by atoms with Crippen LogP contribution in [0.5, 0.6) is 5.75 Å². The van der Waals surface area contributed by atoms with E-state index in [0.717, 1.165) is 12.0 Å². The minimum absolute atomic E-state index is 0.0737. The molecule has 1 aromatic carbocycles. The van der Waals surface area contributed by atoms with Crippen LogP contribution in [0.1, 0.15) is 13.3 Å². The first-order valence-corrected chi connectivity index (χ1v) is 5.15. The van der Waals surface area contributed by atoms with Crippen LogP contribution in [0.25, 0.3) is 0 Å². The van der Waals surface area contributed by atoms with Crippen LogP contribution in [0.2, 0.25) is 5.02 Å². The molecular weight excluding hydrogens is 230 g/mol. The van der Waals surface area contributed by atoms with Crippen LogP contribution in [-0.4, -0.2) is 11.5 Å². The lowest BCUT2D eigenvalue weighted by atomic mass is 10.2. The molecule has 16 heavy (non-hydrogen) atoms. The van der Waals surface area contributed by atoms with Crippen LogP contribution in [0.15, 0.2) is 30.4 Å². The Balaban J connectivity index is 2.74. The van der Waals surface area contributed by atoms with E-state index < -0.39 is 4.92 Å². The van der Waals surface area contributed by atoms with E-state index in [2.05, 4.69) is 6.58 Å². The van der Waals surface area contributed by atoms with Crippen LogP contribution < -0.4 is 4.74 Å². The van der Waals surface area contributed by atoms with E-state index in [1.54, 1.807) is 0 Å². The molecule has 4 nitrogen and oxygen atoms in total. The Morgan fingerprint density at radius 3 is 2.81 bits per heavy atom. The highest BCUT2D eigenvalue weighted by Crippen LogP contribution is 2.28. The van der Waals surface area contributed by atoms with Gasteiger partial charge < -0.3 is 4.74 Å². The molecule has 0 aliphatic heterocycles. The van der Waals surface area contributed by atoms with Gasteiger partial charge in [-0.15, -0.1) is 0 Å². The summed E-state index contributed by atoms with van der Waals surface area (Å²) >= 11 is 5.73. The number of benzene rings is 1. The Hall–Kier alpha value is -1.55. The molecule has 1 rings (SSSR count). The highest BCUT2D eigenvalue weighted by molar-refractivity contribution is 6.32. The number of hydrogen-bond donors (Lipinski definition) is 0. The number of hydrogen-bond acceptors (Lipinski definition) is 3. The molecule has 0 aliphatic carbocycles. The lowest BCUT2D eigenvalue weighted by molar-refractivity contribution is -0.384. The molecule has 1 aromatic rings. The molecule has 86 valence electrons. The summed E-state index contributed by atoms with van der Waals surface area (Å²) in [6.45, 7) is 6.16. The van der Waals surface area contributed by atoms with Crippen LogP contribution in [0.3, 0.4) is 0 Å². The minimum Gasteiger partial charge on any atom is -0.489 e. The molecule has 0 spiro atoms. The molecule has 5 heteroatoms. The lowest BCUT2D eigenvalue weighted by Gasteiger charge is -2.07. The Bertz CT molecular complexity index is 418. The first-order chi connectivity index (χ1) is 7.54. The maximum Gasteiger partial charge on any atom is 0.288 e. The van der Waals surface area contributed by atoms with Crippen molar-refractivity contribution in [2.75, 3.05) is 6.61 Å². The van der Waals surface area contributed by atoms with Crippen molar-refractivity contribution in [3.05, 3.63) is 45.5 Å². The van der Waals surface area contributed by atoms with E-state index in [9.17, 15) is 10.1 Å². The monoisotopic (exact) mass is 241 g/mol. The predicted octanol–water partition coefficient (Wildman–Crippen LogP) is 3.59. The number of nitro groups is 1. The third-order valence-corrected chi connectivity index (χ3v) is 2.36. The van der Waals surface area contributed by atoms with Crippen molar-refractivity contribution in [1.29, 1.82) is 0 Å². The Morgan fingerprint density at radius 1 is 1.62 bits per heavy atom. The summed E-state index contributed by atoms with van der Waals surface area (Å²) < 4.78 is 5.37. The van der Waals surface area contributed by atoms with Gasteiger partial charge in [-0.3, -0.25) is 10.1 Å². The van der Waals surface area contributed by atoms with Gasteiger partial charge in [-0.2, -0.15) is 0 Å². The fourth-order valence-electron chi connectivity index (χ4n) is 1.01. The molecule has 0 atom stereocenters. The minimum atomic E-state index is -0.531. The van der Waals surface area contributed by atoms with Gasteiger partial charge in [-0.25, -0.2) is 0 Å². The fourth-order valence-corrected chi connectivity index (χ4v) is 1.25. The van der Waals surface area contributed by atoms with Crippen LogP contribution in [-0.2, 0) is 0 Å². The molecule has 0 saturated heterocycles. The maximum atomic E-state index is 10.5. The second-order valence-electron chi connectivity index (χ2n) is 3.26. The SMILES string of the molecule is C=C(CC)COc1ccc([N+](=O)[O-])c(Cl)c1. The van der Waals surface area contributed by atoms with Crippen molar-refractivity contribution < 1.29 is 9.66 Å². The van der Waals surface area contributed by atoms with E-state index in [4.69, 9.17) is 16.3 Å². The summed E-state index contributed by atoms with van der Waals surface area (Å²) in [5, 5.41) is 10.6. The van der Waals surface area contributed by atoms with E-state index in [1.807, 2.05) is 6.92 Å². The van der Waals surface area contributed by atoms with Crippen molar-refractivity contribution in [3.8, 4) is 5.75 Å². The highest BCUT2D eigenvalue weighted by Gasteiger charge is 2.12. The van der Waals surface area contributed by atoms with Gasteiger partial charge in [-0.05, 0) is 18.1 Å². The molecule has 0 radical (unpaired) electrons. The Labute approximate surface area is 98.6 Å². The summed E-state index contributed by atoms with van der Waals surface area (Å²) in [7, 11) is 0. The van der Waals surface area contributed by atoms with Gasteiger partial charge in [0, 0.05) is 12.1 Å². The number of nitrogens with zero attached hydrogens (tertiary/aromatic N) is 1. The maximum absolute atomic E-state index is 10.5. The van der Waals surface area contributed by atoms with Gasteiger partial charge in [0.05, 0.1) is 4.92 Å². The molecule has 0 fully saturated rings. The van der Waals surface area contributed by atoms with Crippen molar-refractivity contribution >= 4 is 17.3 Å².